The molecule has 0 heterocycles. The Bertz CT molecular complexity index is 213. The lowest BCUT2D eigenvalue weighted by molar-refractivity contribution is 0.152. The summed E-state index contributed by atoms with van der Waals surface area (Å²) in [5.74, 6) is 5.34. The molecule has 82 valence electrons. The maximum Gasteiger partial charge on any atom is 0.0951 e. The fourth-order valence-corrected chi connectivity index (χ4v) is 0.978. The van der Waals surface area contributed by atoms with Gasteiger partial charge in [0, 0.05) is 11.4 Å². The summed E-state index contributed by atoms with van der Waals surface area (Å²) in [5, 5.41) is 12.7. The first-order valence-electron chi connectivity index (χ1n) is 4.69. The molecule has 0 amide bonds. The first kappa shape index (κ1) is 13.0. The zero-order valence-corrected chi connectivity index (χ0v) is 9.17. The molecule has 0 aliphatic rings. The van der Waals surface area contributed by atoms with Gasteiger partial charge in [0.25, 0.3) is 0 Å². The van der Waals surface area contributed by atoms with Crippen molar-refractivity contribution >= 4 is 0 Å². The predicted molar refractivity (Wildman–Crippen MR) is 59.0 cm³/mol. The second-order valence-electron chi connectivity index (χ2n) is 3.75. The van der Waals surface area contributed by atoms with Crippen LogP contribution in [0.1, 0.15) is 20.8 Å². The van der Waals surface area contributed by atoms with Crippen LogP contribution in [0.2, 0.25) is 0 Å². The van der Waals surface area contributed by atoms with Crippen LogP contribution in [0.3, 0.4) is 0 Å². The van der Waals surface area contributed by atoms with Crippen molar-refractivity contribution in [3.05, 3.63) is 24.6 Å². The molecule has 0 spiro atoms. The van der Waals surface area contributed by atoms with E-state index in [2.05, 4.69) is 23.9 Å². The average Bonchev–Trinajstić information content (AvgIpc) is 2.14. The molecule has 0 saturated heterocycles. The van der Waals surface area contributed by atoms with Crippen LogP contribution in [-0.2, 0) is 0 Å². The van der Waals surface area contributed by atoms with Crippen LogP contribution in [0.5, 0.6) is 0 Å². The van der Waals surface area contributed by atoms with E-state index in [0.29, 0.717) is 11.4 Å². The maximum atomic E-state index is 9.65. The highest BCUT2D eigenvalue weighted by Gasteiger charge is 2.15. The summed E-state index contributed by atoms with van der Waals surface area (Å²) < 4.78 is 0. The van der Waals surface area contributed by atoms with Crippen LogP contribution >= 0.6 is 0 Å². The van der Waals surface area contributed by atoms with E-state index in [1.54, 1.807) is 0 Å². The number of aliphatic hydroxyl groups is 1. The van der Waals surface area contributed by atoms with Crippen molar-refractivity contribution in [2.24, 2.45) is 11.8 Å². The molecule has 0 aromatic heterocycles. The molecule has 4 nitrogen and oxygen atoms in total. The summed E-state index contributed by atoms with van der Waals surface area (Å²) in [7, 11) is 0. The number of hydrogen-bond donors (Lipinski definition) is 4. The molecule has 0 radical (unpaired) electrons. The van der Waals surface area contributed by atoms with Crippen molar-refractivity contribution in [3.8, 4) is 0 Å². The molecular formula is C10H21N3O. The lowest BCUT2D eigenvalue weighted by Crippen LogP contribution is -2.39. The molecule has 0 aliphatic carbocycles. The number of rotatable bonds is 6. The summed E-state index contributed by atoms with van der Waals surface area (Å²) in [6.07, 6.45) is -0.553. The quantitative estimate of drug-likeness (QED) is 0.371. The molecular weight excluding hydrogens is 178 g/mol. The molecule has 5 N–H and O–H groups in total. The van der Waals surface area contributed by atoms with Crippen LogP contribution < -0.4 is 16.6 Å². The van der Waals surface area contributed by atoms with E-state index in [-0.39, 0.29) is 12.0 Å². The number of nitrogens with two attached hydrogens (primary N) is 1. The molecule has 0 fully saturated rings. The molecule has 0 rings (SSSR count). The minimum Gasteiger partial charge on any atom is -0.387 e. The SMILES string of the molecule is C=C(NN)[C@H](C)NC(=C)[C@@H](O)C(C)C. The highest BCUT2D eigenvalue weighted by Crippen LogP contribution is 2.09. The van der Waals surface area contributed by atoms with Gasteiger partial charge in [0.15, 0.2) is 0 Å². The normalized spacial score (nSPS) is 14.7. The summed E-state index contributed by atoms with van der Waals surface area (Å²) in [5.41, 5.74) is 3.70. The Labute approximate surface area is 85.8 Å². The second-order valence-corrected chi connectivity index (χ2v) is 3.75. The Kier molecular flexibility index (Phi) is 5.27. The van der Waals surface area contributed by atoms with Gasteiger partial charge in [-0.3, -0.25) is 5.84 Å². The monoisotopic (exact) mass is 199 g/mol. The Morgan fingerprint density at radius 2 is 1.71 bits per heavy atom. The largest absolute Gasteiger partial charge is 0.387 e. The van der Waals surface area contributed by atoms with Crippen LogP contribution in [0.25, 0.3) is 0 Å². The second kappa shape index (κ2) is 5.67. The Balaban J connectivity index is 4.12. The third-order valence-electron chi connectivity index (χ3n) is 2.10. The van der Waals surface area contributed by atoms with E-state index < -0.39 is 6.10 Å². The summed E-state index contributed by atoms with van der Waals surface area (Å²) in [4.78, 5) is 0. The van der Waals surface area contributed by atoms with Gasteiger partial charge in [-0.15, -0.1) is 0 Å². The fourth-order valence-electron chi connectivity index (χ4n) is 0.978. The van der Waals surface area contributed by atoms with E-state index in [1.807, 2.05) is 20.8 Å². The Hall–Kier alpha value is -1.00. The molecule has 0 aromatic rings. The highest BCUT2D eigenvalue weighted by molar-refractivity contribution is 5.09. The molecule has 2 atom stereocenters. The number of aliphatic hydroxyl groups excluding tert-OH is 1. The van der Waals surface area contributed by atoms with Gasteiger partial charge in [0.05, 0.1) is 12.1 Å². The average molecular weight is 199 g/mol. The lowest BCUT2D eigenvalue weighted by Gasteiger charge is -2.23. The van der Waals surface area contributed by atoms with Gasteiger partial charge in [-0.1, -0.05) is 27.0 Å². The van der Waals surface area contributed by atoms with Crippen molar-refractivity contribution in [3.63, 3.8) is 0 Å². The predicted octanol–water partition coefficient (Wildman–Crippen LogP) is 0.472. The molecule has 0 saturated carbocycles. The van der Waals surface area contributed by atoms with E-state index in [4.69, 9.17) is 5.84 Å². The molecule has 0 bridgehead atoms. The van der Waals surface area contributed by atoms with E-state index in [9.17, 15) is 5.11 Å². The van der Waals surface area contributed by atoms with Crippen LogP contribution in [0, 0.1) is 5.92 Å². The number of hydrazine groups is 1. The van der Waals surface area contributed by atoms with E-state index in [0.717, 1.165) is 0 Å². The molecule has 14 heavy (non-hydrogen) atoms. The van der Waals surface area contributed by atoms with Gasteiger partial charge in [-0.2, -0.15) is 0 Å². The van der Waals surface area contributed by atoms with E-state index in [1.165, 1.54) is 0 Å². The molecule has 0 aromatic carbocycles. The van der Waals surface area contributed by atoms with Crippen molar-refractivity contribution < 1.29 is 5.11 Å². The Morgan fingerprint density at radius 1 is 1.21 bits per heavy atom. The standard InChI is InChI=1S/C10H21N3O/c1-6(2)10(14)9(5)12-7(3)8(4)13-11/h6-7,10,12-14H,4-5,11H2,1-3H3/t7-,10-/m0/s1. The minimum atomic E-state index is -0.553. The molecule has 0 aliphatic heterocycles. The Morgan fingerprint density at radius 3 is 2.07 bits per heavy atom. The third-order valence-corrected chi connectivity index (χ3v) is 2.10. The summed E-state index contributed by atoms with van der Waals surface area (Å²) in [6.45, 7) is 13.2. The summed E-state index contributed by atoms with van der Waals surface area (Å²) >= 11 is 0. The van der Waals surface area contributed by atoms with Gasteiger partial charge in [0.2, 0.25) is 0 Å². The van der Waals surface area contributed by atoms with Crippen molar-refractivity contribution in [2.75, 3.05) is 0 Å². The number of nitrogens with one attached hydrogen (secondary N) is 2. The fraction of sp³-hybridized carbons (Fsp3) is 0.600. The van der Waals surface area contributed by atoms with Gasteiger partial charge in [-0.25, -0.2) is 0 Å². The lowest BCUT2D eigenvalue weighted by atomic mass is 10.0. The third kappa shape index (κ3) is 3.81. The first-order chi connectivity index (χ1) is 6.40. The van der Waals surface area contributed by atoms with Crippen LogP contribution in [-0.4, -0.2) is 17.3 Å². The van der Waals surface area contributed by atoms with Crippen LogP contribution in [0.15, 0.2) is 24.6 Å². The smallest absolute Gasteiger partial charge is 0.0951 e. The first-order valence-corrected chi connectivity index (χ1v) is 4.69. The molecule has 0 unspecified atom stereocenters. The number of hydrogen-bond acceptors (Lipinski definition) is 4. The van der Waals surface area contributed by atoms with Gasteiger partial charge in [-0.05, 0) is 12.8 Å². The van der Waals surface area contributed by atoms with E-state index >= 15 is 0 Å². The topological polar surface area (TPSA) is 70.3 Å². The minimum absolute atomic E-state index is 0.0547. The van der Waals surface area contributed by atoms with Gasteiger partial charge < -0.3 is 15.8 Å². The summed E-state index contributed by atoms with van der Waals surface area (Å²) in [6, 6.07) is -0.0547. The van der Waals surface area contributed by atoms with Crippen LogP contribution in [0.4, 0.5) is 0 Å². The molecule has 4 heteroatoms. The zero-order valence-electron chi connectivity index (χ0n) is 9.17. The van der Waals surface area contributed by atoms with Crippen molar-refractivity contribution in [1.82, 2.24) is 10.7 Å². The van der Waals surface area contributed by atoms with Crippen molar-refractivity contribution in [2.45, 2.75) is 32.9 Å². The highest BCUT2D eigenvalue weighted by atomic mass is 16.3. The van der Waals surface area contributed by atoms with Crippen molar-refractivity contribution in [1.29, 1.82) is 0 Å². The van der Waals surface area contributed by atoms with Gasteiger partial charge >= 0.3 is 0 Å². The maximum absolute atomic E-state index is 9.65. The van der Waals surface area contributed by atoms with Gasteiger partial charge in [0.1, 0.15) is 0 Å². The zero-order chi connectivity index (χ0) is 11.3.